The Balaban J connectivity index is 2.36. The van der Waals surface area contributed by atoms with Gasteiger partial charge in [0.25, 0.3) is 5.69 Å². The highest BCUT2D eigenvalue weighted by molar-refractivity contribution is 9.10. The molecule has 7 heteroatoms. The number of rotatable bonds is 4. The summed E-state index contributed by atoms with van der Waals surface area (Å²) in [5.74, 6) is 0.704. The smallest absolute Gasteiger partial charge is 0.258 e. The Kier molecular flexibility index (Phi) is 4.49. The van der Waals surface area contributed by atoms with E-state index in [1.54, 1.807) is 24.3 Å². The van der Waals surface area contributed by atoms with Crippen molar-refractivity contribution in [2.75, 3.05) is 0 Å². The first-order valence-corrected chi connectivity index (χ1v) is 7.16. The Morgan fingerprint density at radius 1 is 1.37 bits per heavy atom. The van der Waals surface area contributed by atoms with Crippen LogP contribution in [0.2, 0.25) is 0 Å². The van der Waals surface area contributed by atoms with Crippen LogP contribution in [-0.2, 0) is 6.42 Å². The van der Waals surface area contributed by atoms with E-state index >= 15 is 0 Å². The molecule has 0 amide bonds. The maximum Gasteiger partial charge on any atom is 0.283 e. The lowest BCUT2D eigenvalue weighted by Gasteiger charge is -2.04. The van der Waals surface area contributed by atoms with E-state index < -0.39 is 0 Å². The zero-order chi connectivity index (χ0) is 13.8. The molecule has 0 aliphatic carbocycles. The van der Waals surface area contributed by atoms with Gasteiger partial charge >= 0.3 is 0 Å². The molecule has 0 saturated heterocycles. The van der Waals surface area contributed by atoms with Crippen molar-refractivity contribution in [2.24, 2.45) is 0 Å². The number of hydrogen-bond acceptors (Lipinski definition) is 5. The lowest BCUT2D eigenvalue weighted by atomic mass is 10.3. The number of para-hydroxylation sites is 1. The van der Waals surface area contributed by atoms with Gasteiger partial charge in [-0.25, -0.2) is 9.97 Å². The van der Waals surface area contributed by atoms with E-state index in [1.165, 1.54) is 17.8 Å². The maximum atomic E-state index is 11.0. The summed E-state index contributed by atoms with van der Waals surface area (Å²) >= 11 is 4.58. The number of benzene rings is 1. The fourth-order valence-electron chi connectivity index (χ4n) is 1.46. The predicted molar refractivity (Wildman–Crippen MR) is 76.3 cm³/mol. The molecule has 19 heavy (non-hydrogen) atoms. The molecule has 2 aromatic rings. The van der Waals surface area contributed by atoms with Crippen molar-refractivity contribution in [1.29, 1.82) is 0 Å². The fraction of sp³-hybridized carbons (Fsp3) is 0.167. The molecule has 0 aliphatic heterocycles. The molecule has 0 bridgehead atoms. The van der Waals surface area contributed by atoms with Crippen LogP contribution in [0.3, 0.4) is 0 Å². The molecule has 0 fully saturated rings. The molecule has 98 valence electrons. The molecule has 1 aromatic heterocycles. The van der Waals surface area contributed by atoms with Crippen molar-refractivity contribution in [3.05, 3.63) is 50.9 Å². The second-order valence-corrected chi connectivity index (χ2v) is 5.50. The van der Waals surface area contributed by atoms with E-state index in [9.17, 15) is 10.1 Å². The third-order valence-electron chi connectivity index (χ3n) is 2.31. The van der Waals surface area contributed by atoms with Crippen LogP contribution in [0.1, 0.15) is 12.7 Å². The Hall–Kier alpha value is -1.47. The summed E-state index contributed by atoms with van der Waals surface area (Å²) in [4.78, 5) is 19.7. The van der Waals surface area contributed by atoms with Crippen LogP contribution in [0.25, 0.3) is 0 Å². The highest BCUT2D eigenvalue weighted by Gasteiger charge is 2.14. The third-order valence-corrected chi connectivity index (χ3v) is 3.70. The summed E-state index contributed by atoms with van der Waals surface area (Å²) in [5.41, 5.74) is 0.0836. The molecule has 0 unspecified atom stereocenters. The molecular weight excluding hydrogens is 330 g/mol. The van der Waals surface area contributed by atoms with E-state index in [4.69, 9.17) is 0 Å². The topological polar surface area (TPSA) is 68.9 Å². The summed E-state index contributed by atoms with van der Waals surface area (Å²) in [6.07, 6.45) is 0.712. The SMILES string of the molecule is CCc1nc(Br)cc(Sc2ccccc2[N+](=O)[O-])n1. The second kappa shape index (κ2) is 6.12. The number of nitro groups is 1. The molecule has 0 atom stereocenters. The molecule has 5 nitrogen and oxygen atoms in total. The average Bonchev–Trinajstić information content (AvgIpc) is 2.38. The third kappa shape index (κ3) is 3.51. The quantitative estimate of drug-likeness (QED) is 0.480. The van der Waals surface area contributed by atoms with Gasteiger partial charge in [-0.15, -0.1) is 0 Å². The summed E-state index contributed by atoms with van der Waals surface area (Å²) < 4.78 is 0.681. The second-order valence-electron chi connectivity index (χ2n) is 3.63. The van der Waals surface area contributed by atoms with Gasteiger partial charge < -0.3 is 0 Å². The first-order valence-electron chi connectivity index (χ1n) is 5.55. The van der Waals surface area contributed by atoms with E-state index in [0.29, 0.717) is 26.8 Å². The van der Waals surface area contributed by atoms with Crippen molar-refractivity contribution in [3.63, 3.8) is 0 Å². The lowest BCUT2D eigenvalue weighted by molar-refractivity contribution is -0.387. The molecule has 0 aliphatic rings. The van der Waals surface area contributed by atoms with Crippen LogP contribution in [0.4, 0.5) is 5.69 Å². The van der Waals surface area contributed by atoms with Gasteiger partial charge in [0, 0.05) is 18.6 Å². The standard InChI is InChI=1S/C12H10BrN3O2S/c1-2-11-14-10(13)7-12(15-11)19-9-6-4-3-5-8(9)16(17)18/h3-7H,2H2,1H3. The fourth-order valence-corrected chi connectivity index (χ4v) is 2.97. The van der Waals surface area contributed by atoms with Gasteiger partial charge in [0.1, 0.15) is 15.5 Å². The Morgan fingerprint density at radius 2 is 2.11 bits per heavy atom. The minimum atomic E-state index is -0.390. The van der Waals surface area contributed by atoms with Crippen LogP contribution in [-0.4, -0.2) is 14.9 Å². The van der Waals surface area contributed by atoms with E-state index in [1.807, 2.05) is 6.92 Å². The van der Waals surface area contributed by atoms with Crippen LogP contribution in [0.5, 0.6) is 0 Å². The van der Waals surface area contributed by atoms with Crippen molar-refractivity contribution in [1.82, 2.24) is 9.97 Å². The van der Waals surface area contributed by atoms with Gasteiger partial charge in [0.2, 0.25) is 0 Å². The van der Waals surface area contributed by atoms with E-state index in [-0.39, 0.29) is 10.6 Å². The van der Waals surface area contributed by atoms with Crippen LogP contribution in [0.15, 0.2) is 44.9 Å². The van der Waals surface area contributed by atoms with Gasteiger partial charge in [-0.1, -0.05) is 30.8 Å². The van der Waals surface area contributed by atoms with Crippen LogP contribution >= 0.6 is 27.7 Å². The van der Waals surface area contributed by atoms with Gasteiger partial charge in [0.15, 0.2) is 0 Å². The molecule has 1 aromatic carbocycles. The monoisotopic (exact) mass is 339 g/mol. The molecule has 2 rings (SSSR count). The summed E-state index contributed by atoms with van der Waals surface area (Å²) in [5, 5.41) is 11.6. The average molecular weight is 340 g/mol. The number of nitro benzene ring substituents is 1. The Labute approximate surface area is 122 Å². The number of aryl methyl sites for hydroxylation is 1. The van der Waals surface area contributed by atoms with E-state index in [0.717, 1.165) is 0 Å². The van der Waals surface area contributed by atoms with Crippen molar-refractivity contribution in [3.8, 4) is 0 Å². The Bertz CT molecular complexity index is 622. The normalized spacial score (nSPS) is 10.4. The minimum absolute atomic E-state index is 0.0836. The highest BCUT2D eigenvalue weighted by atomic mass is 79.9. The van der Waals surface area contributed by atoms with Gasteiger partial charge in [0.05, 0.1) is 9.82 Å². The summed E-state index contributed by atoms with van der Waals surface area (Å²) in [7, 11) is 0. The maximum absolute atomic E-state index is 11.0. The molecule has 0 radical (unpaired) electrons. The van der Waals surface area contributed by atoms with E-state index in [2.05, 4.69) is 25.9 Å². The highest BCUT2D eigenvalue weighted by Crippen LogP contribution is 2.34. The molecule has 1 heterocycles. The first kappa shape index (κ1) is 14.0. The zero-order valence-electron chi connectivity index (χ0n) is 10.0. The largest absolute Gasteiger partial charge is 0.283 e. The summed E-state index contributed by atoms with van der Waals surface area (Å²) in [6.45, 7) is 1.96. The number of nitrogens with zero attached hydrogens (tertiary/aromatic N) is 3. The van der Waals surface area contributed by atoms with Crippen molar-refractivity contribution >= 4 is 33.4 Å². The van der Waals surface area contributed by atoms with Crippen LogP contribution < -0.4 is 0 Å². The van der Waals surface area contributed by atoms with Gasteiger partial charge in [-0.2, -0.15) is 0 Å². The summed E-state index contributed by atoms with van der Waals surface area (Å²) in [6, 6.07) is 8.37. The molecule has 0 spiro atoms. The lowest BCUT2D eigenvalue weighted by Crippen LogP contribution is -1.95. The first-order chi connectivity index (χ1) is 9.10. The molecular formula is C12H10BrN3O2S. The number of halogens is 1. The number of aromatic nitrogens is 2. The van der Waals surface area contributed by atoms with Crippen LogP contribution in [0, 0.1) is 10.1 Å². The Morgan fingerprint density at radius 3 is 2.79 bits per heavy atom. The van der Waals surface area contributed by atoms with Gasteiger partial charge in [-0.05, 0) is 22.0 Å². The van der Waals surface area contributed by atoms with Crippen molar-refractivity contribution < 1.29 is 4.92 Å². The molecule has 0 N–H and O–H groups in total. The predicted octanol–water partition coefficient (Wildman–Crippen LogP) is 3.86. The minimum Gasteiger partial charge on any atom is -0.258 e. The molecule has 0 saturated carbocycles. The van der Waals surface area contributed by atoms with Gasteiger partial charge in [-0.3, -0.25) is 10.1 Å². The zero-order valence-corrected chi connectivity index (χ0v) is 12.4. The number of hydrogen-bond donors (Lipinski definition) is 0. The van der Waals surface area contributed by atoms with Crippen molar-refractivity contribution in [2.45, 2.75) is 23.3 Å².